The molecule has 1 aliphatic rings. The topological polar surface area (TPSA) is 136 Å². The molecule has 3 heterocycles. The lowest BCUT2D eigenvalue weighted by atomic mass is 10.3. The van der Waals surface area contributed by atoms with Crippen LogP contribution in [-0.2, 0) is 28.4 Å². The second-order valence-corrected chi connectivity index (χ2v) is 9.33. The molecule has 2 aromatic rings. The van der Waals surface area contributed by atoms with Crippen molar-refractivity contribution in [1.29, 1.82) is 0 Å². The van der Waals surface area contributed by atoms with Crippen LogP contribution in [0.3, 0.4) is 0 Å². The Hall–Kier alpha value is -2.32. The molecule has 0 bridgehead atoms. The van der Waals surface area contributed by atoms with Crippen LogP contribution in [0.2, 0.25) is 0 Å². The van der Waals surface area contributed by atoms with Crippen LogP contribution in [0.15, 0.2) is 21.8 Å². The Kier molecular flexibility index (Phi) is 6.05. The van der Waals surface area contributed by atoms with E-state index in [1.807, 2.05) is 0 Å². The maximum absolute atomic E-state index is 12.8. The van der Waals surface area contributed by atoms with Gasteiger partial charge in [-0.1, -0.05) is 0 Å². The first-order chi connectivity index (χ1) is 13.6. The van der Waals surface area contributed by atoms with E-state index in [4.69, 9.17) is 0 Å². The van der Waals surface area contributed by atoms with Gasteiger partial charge in [0.1, 0.15) is 9.37 Å². The first-order valence-corrected chi connectivity index (χ1v) is 11.0. The van der Waals surface area contributed by atoms with Gasteiger partial charge in [0.2, 0.25) is 15.9 Å². The number of aromatic nitrogens is 4. The summed E-state index contributed by atoms with van der Waals surface area (Å²) in [7, 11) is -1.98. The number of sulfonamides is 1. The van der Waals surface area contributed by atoms with E-state index in [0.717, 1.165) is 0 Å². The van der Waals surface area contributed by atoms with Crippen molar-refractivity contribution in [2.75, 3.05) is 26.2 Å². The average Bonchev–Trinajstić information content (AvgIpc) is 3.22. The first-order valence-electron chi connectivity index (χ1n) is 8.75. The molecular formula is C15H20BrN7O5S. The number of carbonyl (C=O) groups is 1. The highest BCUT2D eigenvalue weighted by Gasteiger charge is 2.32. The van der Waals surface area contributed by atoms with Crippen LogP contribution >= 0.6 is 15.9 Å². The fourth-order valence-electron chi connectivity index (χ4n) is 3.04. The fourth-order valence-corrected chi connectivity index (χ4v) is 5.11. The number of hydrogen-bond donors (Lipinski definition) is 0. The minimum absolute atomic E-state index is 0.111. The molecule has 14 heteroatoms. The van der Waals surface area contributed by atoms with Crippen LogP contribution < -0.4 is 0 Å². The van der Waals surface area contributed by atoms with Gasteiger partial charge >= 0.3 is 5.82 Å². The molecule has 0 unspecified atom stereocenters. The molecule has 1 amide bonds. The van der Waals surface area contributed by atoms with Crippen LogP contribution in [0.1, 0.15) is 12.1 Å². The highest BCUT2D eigenvalue weighted by molar-refractivity contribution is 9.10. The minimum atomic E-state index is -3.66. The Morgan fingerprint density at radius 1 is 1.31 bits per heavy atom. The van der Waals surface area contributed by atoms with Crippen molar-refractivity contribution in [2.24, 2.45) is 7.05 Å². The lowest BCUT2D eigenvalue weighted by Gasteiger charge is -2.33. The largest absolute Gasteiger partial charge is 0.404 e. The molecule has 1 saturated heterocycles. The monoisotopic (exact) mass is 489 g/mol. The molecule has 158 valence electrons. The summed E-state index contributed by atoms with van der Waals surface area (Å²) in [6, 6.07) is 0. The molecule has 0 atom stereocenters. The predicted octanol–water partition coefficient (Wildman–Crippen LogP) is 0.519. The molecule has 0 spiro atoms. The van der Waals surface area contributed by atoms with E-state index in [0.29, 0.717) is 5.69 Å². The number of rotatable bonds is 6. The van der Waals surface area contributed by atoms with Gasteiger partial charge in [0.05, 0.1) is 29.7 Å². The van der Waals surface area contributed by atoms with Crippen molar-refractivity contribution in [3.8, 4) is 0 Å². The van der Waals surface area contributed by atoms with Crippen molar-refractivity contribution in [3.05, 3.63) is 32.7 Å². The Labute approximate surface area is 175 Å². The number of halogens is 1. The molecule has 0 radical (unpaired) electrons. The molecule has 29 heavy (non-hydrogen) atoms. The van der Waals surface area contributed by atoms with E-state index in [1.165, 1.54) is 26.1 Å². The lowest BCUT2D eigenvalue weighted by molar-refractivity contribution is -0.390. The SMILES string of the molecule is Cc1c(S(=O)(=O)N2CCN(C(=O)CCn3cc(Br)c([N+](=O)[O-])n3)CC2)cnn1C. The van der Waals surface area contributed by atoms with E-state index in [2.05, 4.69) is 26.1 Å². The van der Waals surface area contributed by atoms with Gasteiger partial charge in [-0.05, 0) is 27.8 Å². The third kappa shape index (κ3) is 4.33. The quantitative estimate of drug-likeness (QED) is 0.425. The number of aryl methyl sites for hydroxylation is 2. The van der Waals surface area contributed by atoms with Crippen molar-refractivity contribution in [2.45, 2.75) is 24.8 Å². The molecule has 1 fully saturated rings. The van der Waals surface area contributed by atoms with Gasteiger partial charge in [-0.2, -0.15) is 14.1 Å². The van der Waals surface area contributed by atoms with Gasteiger partial charge in [-0.25, -0.2) is 8.42 Å². The third-order valence-corrected chi connectivity index (χ3v) is 7.39. The molecule has 1 aliphatic heterocycles. The molecule has 0 saturated carbocycles. The standard InChI is InChI=1S/C15H20BrN7O5S/c1-11-13(9-17-19(11)2)29(27,28)22-7-5-20(6-8-22)14(24)3-4-21-10-12(16)15(18-21)23(25)26/h9-10H,3-8H2,1-2H3. The molecule has 2 aromatic heterocycles. The Morgan fingerprint density at radius 2 is 1.97 bits per heavy atom. The second kappa shape index (κ2) is 8.20. The summed E-state index contributed by atoms with van der Waals surface area (Å²) >= 11 is 3.06. The zero-order valence-corrected chi connectivity index (χ0v) is 18.3. The average molecular weight is 490 g/mol. The van der Waals surface area contributed by atoms with Crippen molar-refractivity contribution in [1.82, 2.24) is 28.8 Å². The Bertz CT molecular complexity index is 1040. The number of nitrogens with zero attached hydrogens (tertiary/aromatic N) is 7. The summed E-state index contributed by atoms with van der Waals surface area (Å²) in [5, 5.41) is 18.6. The van der Waals surface area contributed by atoms with Gasteiger partial charge in [0.25, 0.3) is 0 Å². The predicted molar refractivity (Wildman–Crippen MR) is 104 cm³/mol. The lowest BCUT2D eigenvalue weighted by Crippen LogP contribution is -2.50. The highest BCUT2D eigenvalue weighted by atomic mass is 79.9. The smallest absolute Gasteiger partial charge is 0.358 e. The number of carbonyl (C=O) groups excluding carboxylic acids is 1. The van der Waals surface area contributed by atoms with Crippen LogP contribution in [0, 0.1) is 17.0 Å². The van der Waals surface area contributed by atoms with Crippen LogP contribution in [-0.4, -0.2) is 74.2 Å². The Morgan fingerprint density at radius 3 is 2.48 bits per heavy atom. The number of amides is 1. The van der Waals surface area contributed by atoms with Gasteiger partial charge in [0, 0.05) is 39.6 Å². The maximum Gasteiger partial charge on any atom is 0.404 e. The van der Waals surface area contributed by atoms with E-state index < -0.39 is 14.9 Å². The van der Waals surface area contributed by atoms with E-state index in [1.54, 1.807) is 18.9 Å². The van der Waals surface area contributed by atoms with E-state index in [9.17, 15) is 23.3 Å². The van der Waals surface area contributed by atoms with E-state index in [-0.39, 0.29) is 60.2 Å². The molecule has 12 nitrogen and oxygen atoms in total. The fraction of sp³-hybridized carbons (Fsp3) is 0.533. The molecular weight excluding hydrogens is 470 g/mol. The normalized spacial score (nSPS) is 15.6. The van der Waals surface area contributed by atoms with Crippen LogP contribution in [0.25, 0.3) is 0 Å². The van der Waals surface area contributed by atoms with Crippen LogP contribution in [0.4, 0.5) is 5.82 Å². The van der Waals surface area contributed by atoms with Gasteiger partial charge in [-0.3, -0.25) is 9.48 Å². The Balaban J connectivity index is 1.56. The molecule has 3 rings (SSSR count). The zero-order valence-electron chi connectivity index (χ0n) is 15.9. The van der Waals surface area contributed by atoms with Crippen LogP contribution in [0.5, 0.6) is 0 Å². The summed E-state index contributed by atoms with van der Waals surface area (Å²) in [5.41, 5.74) is 0.558. The minimum Gasteiger partial charge on any atom is -0.358 e. The summed E-state index contributed by atoms with van der Waals surface area (Å²) < 4.78 is 30.0. The first kappa shape index (κ1) is 21.4. The zero-order chi connectivity index (χ0) is 21.3. The van der Waals surface area contributed by atoms with Crippen molar-refractivity contribution >= 4 is 37.7 Å². The third-order valence-electron chi connectivity index (χ3n) is 4.83. The molecule has 0 aromatic carbocycles. The summed E-state index contributed by atoms with van der Waals surface area (Å²) in [6.45, 7) is 2.83. The number of hydrogen-bond acceptors (Lipinski definition) is 7. The second-order valence-electron chi connectivity index (χ2n) is 6.57. The van der Waals surface area contributed by atoms with Gasteiger partial charge in [-0.15, -0.1) is 0 Å². The molecule has 0 N–H and O–H groups in total. The maximum atomic E-state index is 12.8. The summed E-state index contributed by atoms with van der Waals surface area (Å²) in [5.74, 6) is -0.462. The number of piperazine rings is 1. The molecule has 0 aliphatic carbocycles. The van der Waals surface area contributed by atoms with E-state index >= 15 is 0 Å². The number of nitro groups is 1. The summed E-state index contributed by atoms with van der Waals surface area (Å²) in [6.07, 6.45) is 2.90. The van der Waals surface area contributed by atoms with Gasteiger partial charge in [0.15, 0.2) is 0 Å². The van der Waals surface area contributed by atoms with Crippen molar-refractivity contribution in [3.63, 3.8) is 0 Å². The van der Waals surface area contributed by atoms with Gasteiger partial charge < -0.3 is 15.0 Å². The summed E-state index contributed by atoms with van der Waals surface area (Å²) in [4.78, 5) is 24.4. The highest BCUT2D eigenvalue weighted by Crippen LogP contribution is 2.23. The van der Waals surface area contributed by atoms with Crippen molar-refractivity contribution < 1.29 is 18.1 Å².